The van der Waals surface area contributed by atoms with Crippen molar-refractivity contribution in [3.05, 3.63) is 72.4 Å². The molecular weight excluding hydrogens is 490 g/mol. The van der Waals surface area contributed by atoms with Crippen LogP contribution in [0.3, 0.4) is 0 Å². The molecule has 0 bridgehead atoms. The van der Waals surface area contributed by atoms with E-state index >= 15 is 0 Å². The van der Waals surface area contributed by atoms with E-state index in [0.29, 0.717) is 10.2 Å². The Hall–Kier alpha value is -4.44. The van der Waals surface area contributed by atoms with Crippen LogP contribution in [0.4, 0.5) is 8.78 Å². The second-order valence-electron chi connectivity index (χ2n) is 7.86. The van der Waals surface area contributed by atoms with Crippen molar-refractivity contribution in [2.24, 2.45) is 0 Å². The summed E-state index contributed by atoms with van der Waals surface area (Å²) in [5.74, 6) is -0.665. The molecule has 3 N–H and O–H groups in total. The number of ether oxygens (including phenoxy) is 1. The van der Waals surface area contributed by atoms with Crippen molar-refractivity contribution in [2.45, 2.75) is 24.8 Å². The third-order valence-electron chi connectivity index (χ3n) is 5.68. The van der Waals surface area contributed by atoms with Gasteiger partial charge in [0.1, 0.15) is 17.4 Å². The number of aromatic amines is 2. The van der Waals surface area contributed by atoms with E-state index in [0.717, 1.165) is 10.6 Å². The number of alkyl halides is 2. The number of fused-ring (bicyclic) bond motifs is 1. The van der Waals surface area contributed by atoms with Crippen LogP contribution in [0.5, 0.6) is 17.2 Å². The zero-order valence-corrected chi connectivity index (χ0v) is 18.1. The van der Waals surface area contributed by atoms with Crippen LogP contribution in [0.1, 0.15) is 18.5 Å². The van der Waals surface area contributed by atoms with Gasteiger partial charge in [-0.05, 0) is 31.0 Å². The third-order valence-corrected chi connectivity index (χ3v) is 5.96. The van der Waals surface area contributed by atoms with Crippen molar-refractivity contribution in [2.75, 3.05) is 0 Å². The Labute approximate surface area is 197 Å². The number of phenols is 1. The molecular formula is C21H13ClF2N6O5. The summed E-state index contributed by atoms with van der Waals surface area (Å²) in [6.45, 7) is 0. The molecule has 2 aromatic carbocycles. The highest BCUT2D eigenvalue weighted by atomic mass is 35.5. The Balaban J connectivity index is 1.55. The number of hydrogen-bond acceptors (Lipinski definition) is 7. The maximum atomic E-state index is 13.7. The van der Waals surface area contributed by atoms with Crippen LogP contribution in [0, 0.1) is 11.3 Å². The standard InChI is InChI=1S/C21H13ClF2N6O5/c22-11-5-9(30-20(34)27-17(32)13(8-25)28-30)6-15(31)16(11)35-10-1-2-12-14(7-10)29(19(33)26-12)21(3-4-21)18(23)24/h1-2,5-7,18,31H,3-4H2,(H,26,33)(H,27,32,34). The molecule has 14 heteroatoms. The fourth-order valence-corrected chi connectivity index (χ4v) is 4.06. The van der Waals surface area contributed by atoms with Crippen LogP contribution in [0.15, 0.2) is 44.7 Å². The van der Waals surface area contributed by atoms with E-state index < -0.39 is 40.3 Å². The largest absolute Gasteiger partial charge is 0.504 e. The first-order valence-corrected chi connectivity index (χ1v) is 10.4. The lowest BCUT2D eigenvalue weighted by atomic mass is 10.2. The van der Waals surface area contributed by atoms with Crippen LogP contribution in [-0.4, -0.2) is 35.8 Å². The first-order chi connectivity index (χ1) is 16.6. The van der Waals surface area contributed by atoms with Crippen molar-refractivity contribution in [1.82, 2.24) is 24.3 Å². The van der Waals surface area contributed by atoms with Gasteiger partial charge in [0, 0.05) is 12.1 Å². The number of phenolic OH excluding ortho intramolecular Hbond substituents is 1. The number of nitrogens with zero attached hydrogens (tertiary/aromatic N) is 4. The molecule has 11 nitrogen and oxygen atoms in total. The molecule has 2 heterocycles. The number of imidazole rings is 1. The Morgan fingerprint density at radius 2 is 1.91 bits per heavy atom. The zero-order chi connectivity index (χ0) is 25.1. The van der Waals surface area contributed by atoms with Crippen LogP contribution >= 0.6 is 11.6 Å². The second kappa shape index (κ2) is 7.81. The summed E-state index contributed by atoms with van der Waals surface area (Å²) in [5, 5.41) is 22.9. The van der Waals surface area contributed by atoms with Gasteiger partial charge < -0.3 is 14.8 Å². The monoisotopic (exact) mass is 502 g/mol. The van der Waals surface area contributed by atoms with E-state index in [1.54, 1.807) is 6.07 Å². The highest BCUT2D eigenvalue weighted by Gasteiger charge is 2.54. The van der Waals surface area contributed by atoms with Gasteiger partial charge in [0.05, 0.1) is 21.7 Å². The Bertz CT molecular complexity index is 1700. The van der Waals surface area contributed by atoms with Crippen molar-refractivity contribution in [1.29, 1.82) is 5.26 Å². The average Bonchev–Trinajstić information content (AvgIpc) is 3.53. The zero-order valence-electron chi connectivity index (χ0n) is 17.4. The summed E-state index contributed by atoms with van der Waals surface area (Å²) in [7, 11) is 0. The van der Waals surface area contributed by atoms with E-state index in [1.165, 1.54) is 24.3 Å². The predicted octanol–water partition coefficient (Wildman–Crippen LogP) is 2.34. The molecule has 0 radical (unpaired) electrons. The van der Waals surface area contributed by atoms with Crippen molar-refractivity contribution < 1.29 is 18.6 Å². The lowest BCUT2D eigenvalue weighted by Gasteiger charge is -2.16. The summed E-state index contributed by atoms with van der Waals surface area (Å²) < 4.78 is 34.7. The van der Waals surface area contributed by atoms with Crippen molar-refractivity contribution in [3.8, 4) is 29.0 Å². The summed E-state index contributed by atoms with van der Waals surface area (Å²) in [6, 6.07) is 8.09. The minimum absolute atomic E-state index is 0.0693. The minimum atomic E-state index is -2.73. The third kappa shape index (κ3) is 3.55. The van der Waals surface area contributed by atoms with Gasteiger partial charge in [-0.1, -0.05) is 11.6 Å². The topological polar surface area (TPSA) is 159 Å². The highest BCUT2D eigenvalue weighted by Crippen LogP contribution is 2.49. The van der Waals surface area contributed by atoms with Gasteiger partial charge in [-0.25, -0.2) is 18.4 Å². The summed E-state index contributed by atoms with van der Waals surface area (Å²) in [6.07, 6.45) is -2.42. The smallest absolute Gasteiger partial charge is 0.349 e. The van der Waals surface area contributed by atoms with Crippen molar-refractivity contribution >= 4 is 22.6 Å². The molecule has 2 aromatic heterocycles. The van der Waals surface area contributed by atoms with Crippen LogP contribution in [-0.2, 0) is 5.54 Å². The number of benzene rings is 2. The number of rotatable bonds is 5. The molecule has 0 unspecified atom stereocenters. The SMILES string of the molecule is N#Cc1nn(-c2cc(O)c(Oc3ccc4[nH]c(=O)n(C5(C(F)F)CC5)c4c3)c(Cl)c2)c(=O)[nH]c1=O. The molecule has 35 heavy (non-hydrogen) atoms. The van der Waals surface area contributed by atoms with E-state index in [4.69, 9.17) is 21.6 Å². The van der Waals surface area contributed by atoms with E-state index in [2.05, 4.69) is 10.1 Å². The number of hydrogen-bond donors (Lipinski definition) is 3. The van der Waals surface area contributed by atoms with Gasteiger partial charge in [0.25, 0.3) is 12.0 Å². The molecule has 1 saturated carbocycles. The number of nitriles is 1. The predicted molar refractivity (Wildman–Crippen MR) is 118 cm³/mol. The molecule has 0 amide bonds. The van der Waals surface area contributed by atoms with Gasteiger partial charge in [0.15, 0.2) is 11.5 Å². The lowest BCUT2D eigenvalue weighted by molar-refractivity contribution is 0.0675. The first-order valence-electron chi connectivity index (χ1n) is 10.0. The van der Waals surface area contributed by atoms with Crippen molar-refractivity contribution in [3.63, 3.8) is 0 Å². The molecule has 4 aromatic rings. The fourth-order valence-electron chi connectivity index (χ4n) is 3.81. The summed E-state index contributed by atoms with van der Waals surface area (Å²) in [4.78, 5) is 40.5. The first kappa shape index (κ1) is 22.4. The van der Waals surface area contributed by atoms with Gasteiger partial charge >= 0.3 is 11.4 Å². The molecule has 1 aliphatic carbocycles. The molecule has 0 saturated heterocycles. The van der Waals surface area contributed by atoms with E-state index in [-0.39, 0.29) is 40.6 Å². The van der Waals surface area contributed by atoms with Gasteiger partial charge in [-0.3, -0.25) is 14.3 Å². The maximum Gasteiger partial charge on any atom is 0.349 e. The number of nitrogens with one attached hydrogen (secondary N) is 2. The Morgan fingerprint density at radius 1 is 1.17 bits per heavy atom. The molecule has 1 fully saturated rings. The van der Waals surface area contributed by atoms with Gasteiger partial charge in [-0.15, -0.1) is 5.10 Å². The second-order valence-corrected chi connectivity index (χ2v) is 8.27. The van der Waals surface area contributed by atoms with Crippen LogP contribution in [0.25, 0.3) is 16.7 Å². The Morgan fingerprint density at radius 3 is 2.54 bits per heavy atom. The van der Waals surface area contributed by atoms with E-state index in [1.807, 2.05) is 4.98 Å². The van der Waals surface area contributed by atoms with Gasteiger partial charge in [-0.2, -0.15) is 9.94 Å². The molecule has 0 aliphatic heterocycles. The highest BCUT2D eigenvalue weighted by molar-refractivity contribution is 6.32. The number of aromatic hydroxyl groups is 1. The minimum Gasteiger partial charge on any atom is -0.504 e. The molecule has 0 atom stereocenters. The normalized spacial score (nSPS) is 14.3. The van der Waals surface area contributed by atoms with Crippen LogP contribution in [0.2, 0.25) is 5.02 Å². The quantitative estimate of drug-likeness (QED) is 0.377. The Kier molecular flexibility index (Phi) is 4.99. The van der Waals surface area contributed by atoms with Crippen LogP contribution < -0.4 is 21.7 Å². The number of H-pyrrole nitrogens is 2. The molecule has 0 spiro atoms. The summed E-state index contributed by atoms with van der Waals surface area (Å²) in [5.41, 5.74) is -4.31. The molecule has 1 aliphatic rings. The lowest BCUT2D eigenvalue weighted by Crippen LogP contribution is -2.33. The molecule has 5 rings (SSSR count). The summed E-state index contributed by atoms with van der Waals surface area (Å²) >= 11 is 6.24. The number of halogens is 3. The number of aromatic nitrogens is 5. The fraction of sp³-hybridized carbons (Fsp3) is 0.190. The van der Waals surface area contributed by atoms with Gasteiger partial charge in [0.2, 0.25) is 5.69 Å². The van der Waals surface area contributed by atoms with E-state index in [9.17, 15) is 28.3 Å². The molecule has 178 valence electrons. The average molecular weight is 503 g/mol. The maximum absolute atomic E-state index is 13.7.